The summed E-state index contributed by atoms with van der Waals surface area (Å²) >= 11 is 0. The van der Waals surface area contributed by atoms with Gasteiger partial charge in [0.15, 0.2) is 6.16 Å². The molecule has 0 aromatic heterocycles. The number of hydrogen-bond donors (Lipinski definition) is 2. The molecule has 264 valence electrons. The van der Waals surface area contributed by atoms with E-state index in [1.54, 1.807) is 0 Å². The van der Waals surface area contributed by atoms with Gasteiger partial charge in [-0.3, -0.25) is 9.59 Å². The molecule has 3 rings (SSSR count). The van der Waals surface area contributed by atoms with Gasteiger partial charge in [0.1, 0.15) is 25.7 Å². The van der Waals surface area contributed by atoms with Gasteiger partial charge in [0.05, 0.1) is 0 Å². The fraction of sp³-hybridized carbons (Fsp3) is 0.314. The van der Waals surface area contributed by atoms with Gasteiger partial charge < -0.3 is 9.47 Å². The first-order valence-electron chi connectivity index (χ1n) is 14.8. The van der Waals surface area contributed by atoms with Crippen molar-refractivity contribution in [2.24, 2.45) is 5.92 Å². The number of ether oxygens (including phenoxy) is 2. The molecule has 0 aliphatic heterocycles. The topological polar surface area (TPSA) is 179 Å². The summed E-state index contributed by atoms with van der Waals surface area (Å²) in [5, 5.41) is 12.9. The van der Waals surface area contributed by atoms with Crippen LogP contribution in [0.15, 0.2) is 103 Å². The molecule has 3 aromatic carbocycles. The monoisotopic (exact) mass is 705 g/mol. The van der Waals surface area contributed by atoms with Crippen LogP contribution in [0.25, 0.3) is 0 Å². The van der Waals surface area contributed by atoms with Crippen molar-refractivity contribution in [3.8, 4) is 0 Å². The Labute approximate surface area is 296 Å². The number of carbonyl (C=O) groups is 4. The van der Waals surface area contributed by atoms with Crippen molar-refractivity contribution >= 4 is 46.5 Å². The third-order valence-corrected chi connectivity index (χ3v) is 7.52. The number of carbonyl (C=O) groups excluding carboxylic acids is 4. The zero-order chi connectivity index (χ0) is 35.0. The van der Waals surface area contributed by atoms with Crippen LogP contribution in [0, 0.1) is 16.5 Å². The molecule has 0 bridgehead atoms. The Morgan fingerprint density at radius 2 is 1.14 bits per heavy atom. The number of esters is 2. The maximum Gasteiger partial charge on any atom is 0.509 e. The van der Waals surface area contributed by atoms with Crippen molar-refractivity contribution in [1.82, 2.24) is 0 Å². The van der Waals surface area contributed by atoms with Crippen LogP contribution < -0.4 is 0 Å². The van der Waals surface area contributed by atoms with Gasteiger partial charge in [-0.2, -0.15) is 0 Å². The molecule has 0 saturated heterocycles. The third kappa shape index (κ3) is 19.8. The molecule has 3 aromatic rings. The second-order valence-corrected chi connectivity index (χ2v) is 11.3. The SMILES string of the molecule is C.C.C=C(CCC(=O)OB=N)C(=O)OB=N.O=C(CCC(C[P+](=O)OCc1ccccc1)C(=O)OCc1ccccc1)OCc1ccccc1. The van der Waals surface area contributed by atoms with Crippen molar-refractivity contribution in [3.63, 3.8) is 0 Å². The molecule has 2 unspecified atom stereocenters. The molecule has 0 heterocycles. The molecule has 0 amide bonds. The Kier molecular flexibility index (Phi) is 24.3. The minimum absolute atomic E-state index is 0. The summed E-state index contributed by atoms with van der Waals surface area (Å²) in [7, 11) is -1.11. The molecule has 12 nitrogen and oxygen atoms in total. The summed E-state index contributed by atoms with van der Waals surface area (Å²) in [6.45, 7) is 3.82. The second kappa shape index (κ2) is 27.0. The van der Waals surface area contributed by atoms with E-state index < -0.39 is 37.8 Å². The Bertz CT molecular complexity index is 1510. The van der Waals surface area contributed by atoms with Gasteiger partial charge in [-0.15, -0.1) is 4.52 Å². The quantitative estimate of drug-likeness (QED) is 0.0557. The number of nitrogens with one attached hydrogen (secondary N) is 2. The Balaban J connectivity index is 0.00000128. The second-order valence-electron chi connectivity index (χ2n) is 9.98. The van der Waals surface area contributed by atoms with Crippen LogP contribution in [0.3, 0.4) is 0 Å². The zero-order valence-electron chi connectivity index (χ0n) is 26.3. The van der Waals surface area contributed by atoms with E-state index in [0.29, 0.717) is 14.5 Å². The van der Waals surface area contributed by atoms with E-state index in [9.17, 15) is 23.7 Å². The van der Waals surface area contributed by atoms with E-state index in [1.807, 2.05) is 91.0 Å². The van der Waals surface area contributed by atoms with E-state index in [2.05, 4.69) is 15.9 Å². The van der Waals surface area contributed by atoms with E-state index >= 15 is 0 Å². The molecular weight excluding hydrogens is 661 g/mol. The molecule has 0 aliphatic carbocycles. The predicted octanol–water partition coefficient (Wildman–Crippen LogP) is 7.27. The van der Waals surface area contributed by atoms with Gasteiger partial charge in [-0.25, -0.2) is 0 Å². The van der Waals surface area contributed by atoms with Crippen LogP contribution in [0.5, 0.6) is 0 Å². The first-order valence-corrected chi connectivity index (χ1v) is 16.2. The average Bonchev–Trinajstić information content (AvgIpc) is 3.11. The molecule has 2 atom stereocenters. The molecule has 2 N–H and O–H groups in total. The molecule has 0 saturated carbocycles. The molecule has 15 heteroatoms. The van der Waals surface area contributed by atoms with Crippen LogP contribution in [-0.2, 0) is 66.9 Å². The van der Waals surface area contributed by atoms with Gasteiger partial charge >= 0.3 is 101 Å². The van der Waals surface area contributed by atoms with Gasteiger partial charge in [-0.05, 0) is 27.7 Å². The zero-order valence-corrected chi connectivity index (χ0v) is 27.2. The summed E-state index contributed by atoms with van der Waals surface area (Å²) in [6, 6.07) is 28.0. The third-order valence-electron chi connectivity index (χ3n) is 6.36. The van der Waals surface area contributed by atoms with Gasteiger partial charge in [0, 0.05) is 6.42 Å². The largest absolute Gasteiger partial charge is 0.509 e. The van der Waals surface area contributed by atoms with E-state index in [0.717, 1.165) is 16.7 Å². The van der Waals surface area contributed by atoms with Gasteiger partial charge in [0.2, 0.25) is 0 Å². The molecule has 0 radical (unpaired) electrons. The Morgan fingerprint density at radius 1 is 0.660 bits per heavy atom. The van der Waals surface area contributed by atoms with Crippen LogP contribution in [0.4, 0.5) is 0 Å². The van der Waals surface area contributed by atoms with Crippen molar-refractivity contribution in [1.29, 1.82) is 10.6 Å². The fourth-order valence-electron chi connectivity index (χ4n) is 3.80. The summed E-state index contributed by atoms with van der Waals surface area (Å²) in [6.07, 6.45) is 0.180. The van der Waals surface area contributed by atoms with Gasteiger partial charge in [-0.1, -0.05) is 106 Å². The van der Waals surface area contributed by atoms with Crippen LogP contribution in [0.1, 0.15) is 57.2 Å². The summed E-state index contributed by atoms with van der Waals surface area (Å²) in [4.78, 5) is 46.6. The maximum absolute atomic E-state index is 12.8. The first-order chi connectivity index (χ1) is 23.2. The number of rotatable bonds is 19. The standard InChI is InChI=1S/C27H28O6P.C6H8B2N2O4.2CH4/c28-26(31-18-22-10-4-1-5-11-22)17-16-25(27(29)32-19-23-12-6-2-7-13-23)21-34(30)33-20-24-14-8-3-9-15-24;1-4(6(12)14-8-10)2-3-5(11)13-7-9;;/h1-15,25H,16-21H2;9-10H,1-3H2;2*1H4/q+1;;;. The van der Waals surface area contributed by atoms with Crippen molar-refractivity contribution in [2.75, 3.05) is 6.16 Å². The Hall–Kier alpha value is -4.93. The van der Waals surface area contributed by atoms with E-state index in [-0.39, 0.29) is 72.1 Å². The fourth-order valence-corrected chi connectivity index (χ4v) is 4.89. The first kappa shape index (κ1) is 45.1. The predicted molar refractivity (Wildman–Crippen MR) is 190 cm³/mol. The average molecular weight is 705 g/mol. The number of hydrogen-bond acceptors (Lipinski definition) is 12. The minimum atomic E-state index is -2.12. The molecular formula is C35H44B2N2O10P+. The Morgan fingerprint density at radius 3 is 1.64 bits per heavy atom. The summed E-state index contributed by atoms with van der Waals surface area (Å²) in [5.74, 6) is -3.05. The van der Waals surface area contributed by atoms with Crippen LogP contribution >= 0.6 is 8.03 Å². The van der Waals surface area contributed by atoms with E-state index in [1.165, 1.54) is 0 Å². The van der Waals surface area contributed by atoms with Crippen LogP contribution in [0.2, 0.25) is 0 Å². The normalized spacial score (nSPS) is 10.4. The van der Waals surface area contributed by atoms with Gasteiger partial charge in [0.25, 0.3) is 0 Å². The molecule has 0 aliphatic rings. The minimum Gasteiger partial charge on any atom is -0.461 e. The smallest absolute Gasteiger partial charge is 0.461 e. The number of benzene rings is 3. The van der Waals surface area contributed by atoms with Crippen LogP contribution in [-0.4, -0.2) is 44.6 Å². The molecule has 0 fully saturated rings. The van der Waals surface area contributed by atoms with Crippen molar-refractivity contribution < 1.29 is 47.0 Å². The summed E-state index contributed by atoms with van der Waals surface area (Å²) in [5.41, 5.74) is 2.70. The molecule has 50 heavy (non-hydrogen) atoms. The van der Waals surface area contributed by atoms with E-state index in [4.69, 9.17) is 24.6 Å². The van der Waals surface area contributed by atoms with Crippen molar-refractivity contribution in [3.05, 3.63) is 120 Å². The molecule has 0 spiro atoms. The summed E-state index contributed by atoms with van der Waals surface area (Å²) < 4.78 is 37.2. The van der Waals surface area contributed by atoms with Crippen molar-refractivity contribution in [2.45, 2.75) is 60.4 Å². The maximum atomic E-state index is 12.8.